The predicted molar refractivity (Wildman–Crippen MR) is 168 cm³/mol. The van der Waals surface area contributed by atoms with Crippen molar-refractivity contribution in [2.24, 2.45) is 0 Å². The van der Waals surface area contributed by atoms with Crippen LogP contribution in [0.15, 0.2) is 121 Å². The number of hydrogen-bond acceptors (Lipinski definition) is 8. The van der Waals surface area contributed by atoms with Crippen molar-refractivity contribution in [1.29, 1.82) is 0 Å². The van der Waals surface area contributed by atoms with Crippen molar-refractivity contribution in [1.82, 2.24) is 5.32 Å². The number of nitrogens with one attached hydrogen (secondary N) is 1. The Morgan fingerprint density at radius 1 is 0.800 bits per heavy atom. The van der Waals surface area contributed by atoms with Crippen LogP contribution in [0.1, 0.15) is 29.2 Å². The van der Waals surface area contributed by atoms with Gasteiger partial charge in [0, 0.05) is 6.92 Å². The van der Waals surface area contributed by atoms with Crippen molar-refractivity contribution < 1.29 is 36.7 Å². The first-order valence-electron chi connectivity index (χ1n) is 14.6. The van der Waals surface area contributed by atoms with Gasteiger partial charge in [0.05, 0.1) is 19.5 Å². The molecule has 0 radical (unpaired) electrons. The van der Waals surface area contributed by atoms with Crippen LogP contribution in [0.3, 0.4) is 0 Å². The molecule has 1 saturated heterocycles. The van der Waals surface area contributed by atoms with E-state index in [1.165, 1.54) is 6.92 Å². The molecule has 1 heterocycles. The van der Waals surface area contributed by atoms with Crippen molar-refractivity contribution in [2.45, 2.75) is 49.8 Å². The summed E-state index contributed by atoms with van der Waals surface area (Å²) in [5.41, 5.74) is 2.14. The first-order valence-corrected chi connectivity index (χ1v) is 16.4. The maximum atomic E-state index is 12.6. The highest BCUT2D eigenvalue weighted by Crippen LogP contribution is 2.41. The Morgan fingerprint density at radius 3 is 1.71 bits per heavy atom. The molecule has 1 aliphatic rings. The van der Waals surface area contributed by atoms with E-state index in [1.807, 2.05) is 121 Å². The van der Waals surface area contributed by atoms with Gasteiger partial charge in [0.25, 0.3) is 10.1 Å². The van der Waals surface area contributed by atoms with Crippen LogP contribution >= 0.6 is 0 Å². The molecule has 0 aliphatic carbocycles. The van der Waals surface area contributed by atoms with E-state index in [0.717, 1.165) is 28.5 Å². The minimum absolute atomic E-state index is 0.0630. The zero-order chi connectivity index (χ0) is 31.9. The molecule has 45 heavy (non-hydrogen) atoms. The lowest BCUT2D eigenvalue weighted by Gasteiger charge is -2.45. The van der Waals surface area contributed by atoms with E-state index in [2.05, 4.69) is 5.32 Å². The molecular weight excluding hydrogens is 594 g/mol. The van der Waals surface area contributed by atoms with E-state index < -0.39 is 52.3 Å². The SMILES string of the molecule is CC(=O)N[C@@H]1[C@@H](OCc2ccccc2)[C@H](OS(C)(=O)=O)[C@@H](COC(c2ccccc2)(c2ccccc2)c2ccccc2)O[C@@H]1O. The minimum Gasteiger partial charge on any atom is -0.368 e. The van der Waals surface area contributed by atoms with Gasteiger partial charge in [-0.2, -0.15) is 8.42 Å². The predicted octanol–water partition coefficient (Wildman–Crippen LogP) is 4.15. The molecule has 4 aromatic carbocycles. The fourth-order valence-corrected chi connectivity index (χ4v) is 6.34. The second kappa shape index (κ2) is 14.5. The monoisotopic (exact) mass is 631 g/mol. The van der Waals surface area contributed by atoms with Gasteiger partial charge in [0.1, 0.15) is 30.0 Å². The lowest BCUT2D eigenvalue weighted by molar-refractivity contribution is -0.264. The Morgan fingerprint density at radius 2 is 1.27 bits per heavy atom. The average molecular weight is 632 g/mol. The third kappa shape index (κ3) is 7.85. The lowest BCUT2D eigenvalue weighted by atomic mass is 9.80. The van der Waals surface area contributed by atoms with Crippen LogP contribution in [0.2, 0.25) is 0 Å². The van der Waals surface area contributed by atoms with Crippen LogP contribution in [0.5, 0.6) is 0 Å². The highest BCUT2D eigenvalue weighted by atomic mass is 32.2. The summed E-state index contributed by atoms with van der Waals surface area (Å²) in [4.78, 5) is 12.2. The summed E-state index contributed by atoms with van der Waals surface area (Å²) in [6.07, 6.45) is -4.16. The lowest BCUT2D eigenvalue weighted by Crippen LogP contribution is -2.65. The summed E-state index contributed by atoms with van der Waals surface area (Å²) in [6.45, 7) is 1.14. The first kappa shape index (κ1) is 32.5. The number of ether oxygens (including phenoxy) is 3. The largest absolute Gasteiger partial charge is 0.368 e. The maximum absolute atomic E-state index is 12.6. The fourth-order valence-electron chi connectivity index (χ4n) is 5.70. The molecule has 236 valence electrons. The van der Waals surface area contributed by atoms with E-state index in [-0.39, 0.29) is 13.2 Å². The summed E-state index contributed by atoms with van der Waals surface area (Å²) in [5, 5.41) is 13.8. The molecular formula is C35H37NO8S. The number of aliphatic hydroxyl groups is 1. The highest BCUT2D eigenvalue weighted by molar-refractivity contribution is 7.86. The average Bonchev–Trinajstić information content (AvgIpc) is 3.04. The van der Waals surface area contributed by atoms with Crippen LogP contribution in [0, 0.1) is 0 Å². The number of amides is 1. The summed E-state index contributed by atoms with van der Waals surface area (Å²) in [5.74, 6) is -0.458. The Balaban J connectivity index is 1.56. The van der Waals surface area contributed by atoms with E-state index in [0.29, 0.717) is 0 Å². The van der Waals surface area contributed by atoms with E-state index >= 15 is 0 Å². The van der Waals surface area contributed by atoms with Crippen molar-refractivity contribution in [2.75, 3.05) is 12.9 Å². The van der Waals surface area contributed by atoms with Crippen LogP contribution in [0.4, 0.5) is 0 Å². The zero-order valence-corrected chi connectivity index (χ0v) is 25.9. The van der Waals surface area contributed by atoms with E-state index in [1.54, 1.807) is 0 Å². The molecule has 0 bridgehead atoms. The molecule has 2 N–H and O–H groups in total. The molecule has 1 aliphatic heterocycles. The maximum Gasteiger partial charge on any atom is 0.264 e. The molecule has 0 unspecified atom stereocenters. The molecule has 5 rings (SSSR count). The molecule has 9 nitrogen and oxygen atoms in total. The number of aliphatic hydroxyl groups excluding tert-OH is 1. The molecule has 4 aromatic rings. The third-order valence-corrected chi connectivity index (χ3v) is 8.18. The number of carbonyl (C=O) groups is 1. The van der Waals surface area contributed by atoms with Crippen LogP contribution in [0.25, 0.3) is 0 Å². The second-order valence-corrected chi connectivity index (χ2v) is 12.5. The van der Waals surface area contributed by atoms with Crippen molar-refractivity contribution in [3.63, 3.8) is 0 Å². The summed E-state index contributed by atoms with van der Waals surface area (Å²) < 4.78 is 50.0. The van der Waals surface area contributed by atoms with Gasteiger partial charge in [-0.25, -0.2) is 0 Å². The van der Waals surface area contributed by atoms with Gasteiger partial charge in [0.15, 0.2) is 6.29 Å². The van der Waals surface area contributed by atoms with Crippen molar-refractivity contribution in [3.8, 4) is 0 Å². The number of carbonyl (C=O) groups excluding carboxylic acids is 1. The summed E-state index contributed by atoms with van der Waals surface area (Å²) in [6, 6.07) is 37.1. The molecule has 1 fully saturated rings. The normalized spacial score (nSPS) is 22.1. The smallest absolute Gasteiger partial charge is 0.264 e. The molecule has 5 atom stereocenters. The third-order valence-electron chi connectivity index (χ3n) is 7.61. The zero-order valence-electron chi connectivity index (χ0n) is 25.1. The van der Waals surface area contributed by atoms with Gasteiger partial charge in [-0.15, -0.1) is 0 Å². The van der Waals surface area contributed by atoms with Gasteiger partial charge in [-0.3, -0.25) is 8.98 Å². The van der Waals surface area contributed by atoms with Gasteiger partial charge in [-0.05, 0) is 22.3 Å². The fraction of sp³-hybridized carbons (Fsp3) is 0.286. The van der Waals surface area contributed by atoms with E-state index in [9.17, 15) is 18.3 Å². The molecule has 0 spiro atoms. The first-order chi connectivity index (χ1) is 21.7. The van der Waals surface area contributed by atoms with Gasteiger partial charge < -0.3 is 24.6 Å². The Kier molecular flexibility index (Phi) is 10.4. The van der Waals surface area contributed by atoms with Crippen LogP contribution in [-0.4, -0.2) is 62.9 Å². The topological polar surface area (TPSA) is 120 Å². The van der Waals surface area contributed by atoms with Crippen molar-refractivity contribution >= 4 is 16.0 Å². The number of rotatable bonds is 12. The summed E-state index contributed by atoms with van der Waals surface area (Å²) >= 11 is 0. The van der Waals surface area contributed by atoms with Crippen molar-refractivity contribution in [3.05, 3.63) is 144 Å². The van der Waals surface area contributed by atoms with Gasteiger partial charge in [-0.1, -0.05) is 121 Å². The highest BCUT2D eigenvalue weighted by Gasteiger charge is 2.50. The Bertz CT molecular complexity index is 1530. The molecule has 10 heteroatoms. The quantitative estimate of drug-likeness (QED) is 0.177. The Hall–Kier alpha value is -3.90. The van der Waals surface area contributed by atoms with Gasteiger partial charge >= 0.3 is 0 Å². The number of benzene rings is 4. The van der Waals surface area contributed by atoms with E-state index in [4.69, 9.17) is 18.4 Å². The van der Waals surface area contributed by atoms with Crippen LogP contribution < -0.4 is 5.32 Å². The summed E-state index contributed by atoms with van der Waals surface area (Å²) in [7, 11) is -4.06. The van der Waals surface area contributed by atoms with Gasteiger partial charge in [0.2, 0.25) is 5.91 Å². The number of hydrogen-bond donors (Lipinski definition) is 2. The molecule has 0 aromatic heterocycles. The van der Waals surface area contributed by atoms with Crippen LogP contribution in [-0.2, 0) is 45.5 Å². The Labute approximate surface area is 263 Å². The molecule has 0 saturated carbocycles. The second-order valence-electron chi connectivity index (χ2n) is 10.9. The standard InChI is InChI=1S/C35H37NO8S/c1-25(37)36-31-33(41-23-26-15-7-3-8-16-26)32(44-45(2,39)40)30(43-34(31)38)24-42-35(27-17-9-4-10-18-27,28-19-11-5-12-20-28)29-21-13-6-14-22-29/h3-22,30-34,38H,23-24H2,1-2H3,(H,36,37)/t30-,31-,32-,33-,34+/m1/s1. The minimum atomic E-state index is -4.06. The molecule has 1 amide bonds.